The first kappa shape index (κ1) is 64.6. The molecule has 0 aliphatic carbocycles. The minimum Gasteiger partial charge on any atom is -0.466 e. The summed E-state index contributed by atoms with van der Waals surface area (Å²) in [7, 11) is 0. The standard InChI is InChI=1S/C60H117NO5/c1-3-5-7-9-11-13-15-17-18-22-25-29-32-36-40-44-48-52-58(63)57(56-62)61-59(64)53-49-45-41-37-33-30-26-23-20-19-21-24-27-31-35-39-43-47-51-55-66-60(65)54-50-46-42-38-34-28-16-14-12-10-8-6-4-2/h19-20,57-58,62-63H,3-18,21-56H2,1-2H3,(H,61,64)/b20-19-. The van der Waals surface area contributed by atoms with Crippen LogP contribution in [-0.2, 0) is 14.3 Å². The zero-order valence-corrected chi connectivity index (χ0v) is 44.7. The van der Waals surface area contributed by atoms with Crippen LogP contribution in [0, 0.1) is 0 Å². The fourth-order valence-corrected chi connectivity index (χ4v) is 9.46. The van der Waals surface area contributed by atoms with Crippen LogP contribution in [0.3, 0.4) is 0 Å². The molecule has 2 unspecified atom stereocenters. The van der Waals surface area contributed by atoms with Crippen molar-refractivity contribution in [3.63, 3.8) is 0 Å². The molecule has 0 rings (SSSR count). The van der Waals surface area contributed by atoms with Gasteiger partial charge in [-0.15, -0.1) is 0 Å². The van der Waals surface area contributed by atoms with Crippen molar-refractivity contribution in [3.05, 3.63) is 12.2 Å². The van der Waals surface area contributed by atoms with E-state index in [2.05, 4.69) is 31.3 Å². The van der Waals surface area contributed by atoms with Crippen molar-refractivity contribution in [2.24, 2.45) is 0 Å². The highest BCUT2D eigenvalue weighted by Crippen LogP contribution is 2.18. The molecule has 66 heavy (non-hydrogen) atoms. The summed E-state index contributed by atoms with van der Waals surface area (Å²) in [5, 5.41) is 23.3. The third-order valence-corrected chi connectivity index (χ3v) is 14.1. The summed E-state index contributed by atoms with van der Waals surface area (Å²) in [5.41, 5.74) is 0. The summed E-state index contributed by atoms with van der Waals surface area (Å²) in [6, 6.07) is -0.548. The highest BCUT2D eigenvalue weighted by atomic mass is 16.5. The van der Waals surface area contributed by atoms with Gasteiger partial charge in [0, 0.05) is 12.8 Å². The molecule has 0 heterocycles. The summed E-state index contributed by atoms with van der Waals surface area (Å²) < 4.78 is 5.47. The molecular formula is C60H117NO5. The predicted molar refractivity (Wildman–Crippen MR) is 287 cm³/mol. The second kappa shape index (κ2) is 56.2. The maximum Gasteiger partial charge on any atom is 0.305 e. The van der Waals surface area contributed by atoms with Gasteiger partial charge in [-0.1, -0.05) is 283 Å². The number of carbonyl (C=O) groups is 2. The van der Waals surface area contributed by atoms with Gasteiger partial charge < -0.3 is 20.3 Å². The zero-order valence-electron chi connectivity index (χ0n) is 44.7. The third-order valence-electron chi connectivity index (χ3n) is 14.1. The fraction of sp³-hybridized carbons (Fsp3) is 0.933. The molecule has 0 spiro atoms. The number of nitrogens with one attached hydrogen (secondary N) is 1. The van der Waals surface area contributed by atoms with Crippen LogP contribution in [0.4, 0.5) is 0 Å². The Balaban J connectivity index is 3.43. The Kier molecular flexibility index (Phi) is 55.0. The van der Waals surface area contributed by atoms with E-state index < -0.39 is 12.1 Å². The second-order valence-corrected chi connectivity index (χ2v) is 20.7. The first-order chi connectivity index (χ1) is 32.5. The number of carbonyl (C=O) groups excluding carboxylic acids is 2. The zero-order chi connectivity index (χ0) is 47.9. The Bertz CT molecular complexity index is 986. The quantitative estimate of drug-likeness (QED) is 0.0321. The molecule has 0 fully saturated rings. The van der Waals surface area contributed by atoms with E-state index in [1.807, 2.05) is 0 Å². The molecule has 0 aliphatic rings. The number of hydrogen-bond donors (Lipinski definition) is 3. The van der Waals surface area contributed by atoms with Crippen molar-refractivity contribution in [1.29, 1.82) is 0 Å². The van der Waals surface area contributed by atoms with Crippen molar-refractivity contribution in [3.8, 4) is 0 Å². The van der Waals surface area contributed by atoms with Gasteiger partial charge in [0.1, 0.15) is 0 Å². The summed E-state index contributed by atoms with van der Waals surface area (Å²) in [4.78, 5) is 24.5. The van der Waals surface area contributed by atoms with Gasteiger partial charge in [0.05, 0.1) is 25.4 Å². The maximum absolute atomic E-state index is 12.5. The molecule has 0 bridgehead atoms. The van der Waals surface area contributed by atoms with Gasteiger partial charge in [-0.2, -0.15) is 0 Å². The van der Waals surface area contributed by atoms with Crippen LogP contribution < -0.4 is 5.32 Å². The monoisotopic (exact) mass is 932 g/mol. The highest BCUT2D eigenvalue weighted by Gasteiger charge is 2.20. The maximum atomic E-state index is 12.5. The second-order valence-electron chi connectivity index (χ2n) is 20.7. The highest BCUT2D eigenvalue weighted by molar-refractivity contribution is 5.76. The number of hydrogen-bond acceptors (Lipinski definition) is 5. The van der Waals surface area contributed by atoms with Crippen molar-refractivity contribution in [2.45, 2.75) is 347 Å². The van der Waals surface area contributed by atoms with E-state index in [-0.39, 0.29) is 18.5 Å². The van der Waals surface area contributed by atoms with Crippen molar-refractivity contribution < 1.29 is 24.5 Å². The van der Waals surface area contributed by atoms with E-state index in [0.717, 1.165) is 38.5 Å². The lowest BCUT2D eigenvalue weighted by Gasteiger charge is -2.22. The largest absolute Gasteiger partial charge is 0.466 e. The normalized spacial score (nSPS) is 12.6. The summed E-state index contributed by atoms with van der Waals surface area (Å²) >= 11 is 0. The summed E-state index contributed by atoms with van der Waals surface area (Å²) in [6.45, 7) is 4.96. The lowest BCUT2D eigenvalue weighted by molar-refractivity contribution is -0.143. The van der Waals surface area contributed by atoms with Gasteiger partial charge in [0.2, 0.25) is 5.91 Å². The number of esters is 1. The Morgan fingerprint density at radius 1 is 0.409 bits per heavy atom. The third kappa shape index (κ3) is 52.0. The molecule has 0 saturated heterocycles. The topological polar surface area (TPSA) is 95.9 Å². The van der Waals surface area contributed by atoms with E-state index >= 15 is 0 Å². The molecule has 0 aromatic carbocycles. The van der Waals surface area contributed by atoms with Gasteiger partial charge >= 0.3 is 5.97 Å². The lowest BCUT2D eigenvalue weighted by Crippen LogP contribution is -2.45. The number of allylic oxidation sites excluding steroid dienone is 2. The minimum absolute atomic E-state index is 0.00616. The molecule has 3 N–H and O–H groups in total. The first-order valence-electron chi connectivity index (χ1n) is 29.9. The van der Waals surface area contributed by atoms with Crippen LogP contribution in [0.15, 0.2) is 12.2 Å². The number of unbranched alkanes of at least 4 members (excludes halogenated alkanes) is 43. The van der Waals surface area contributed by atoms with Crippen molar-refractivity contribution in [1.82, 2.24) is 5.32 Å². The van der Waals surface area contributed by atoms with Crippen molar-refractivity contribution in [2.75, 3.05) is 13.2 Å². The predicted octanol–water partition coefficient (Wildman–Crippen LogP) is 18.5. The van der Waals surface area contributed by atoms with Crippen LogP contribution in [-0.4, -0.2) is 47.4 Å². The van der Waals surface area contributed by atoms with Gasteiger partial charge in [0.25, 0.3) is 0 Å². The van der Waals surface area contributed by atoms with E-state index in [1.54, 1.807) is 0 Å². The molecule has 0 aliphatic heterocycles. The smallest absolute Gasteiger partial charge is 0.305 e. The Labute approximate surface area is 412 Å². The Morgan fingerprint density at radius 2 is 0.712 bits per heavy atom. The SMILES string of the molecule is CCCCCCCCCCCCCCCCCCCC(O)C(CO)NC(=O)CCCCCCCCC/C=C\CCCCCCCCCCOC(=O)CCCCCCCCCCCCCCC. The molecule has 0 aromatic heterocycles. The number of amides is 1. The number of ether oxygens (including phenoxy) is 1. The average Bonchev–Trinajstić information content (AvgIpc) is 3.32. The van der Waals surface area contributed by atoms with Crippen molar-refractivity contribution >= 4 is 11.9 Å². The summed E-state index contributed by atoms with van der Waals surface area (Å²) in [5.74, 6) is -0.0356. The Morgan fingerprint density at radius 3 is 1.08 bits per heavy atom. The number of aliphatic hydroxyl groups is 2. The van der Waals surface area contributed by atoms with Crippen LogP contribution >= 0.6 is 0 Å². The first-order valence-corrected chi connectivity index (χ1v) is 29.9. The molecule has 0 radical (unpaired) electrons. The number of rotatable bonds is 56. The average molecular weight is 933 g/mol. The van der Waals surface area contributed by atoms with Crippen LogP contribution in [0.25, 0.3) is 0 Å². The minimum atomic E-state index is -0.670. The van der Waals surface area contributed by atoms with Gasteiger partial charge in [0.15, 0.2) is 0 Å². The molecule has 392 valence electrons. The molecule has 0 saturated carbocycles. The van der Waals surface area contributed by atoms with Gasteiger partial charge in [-0.25, -0.2) is 0 Å². The van der Waals surface area contributed by atoms with E-state index in [9.17, 15) is 19.8 Å². The Hall–Kier alpha value is -1.40. The van der Waals surface area contributed by atoms with E-state index in [0.29, 0.717) is 25.9 Å². The van der Waals surface area contributed by atoms with Gasteiger partial charge in [-0.05, 0) is 51.4 Å². The summed E-state index contributed by atoms with van der Waals surface area (Å²) in [6.07, 6.45) is 66.3. The van der Waals surface area contributed by atoms with Gasteiger partial charge in [-0.3, -0.25) is 9.59 Å². The molecule has 6 heteroatoms. The van der Waals surface area contributed by atoms with E-state index in [4.69, 9.17) is 4.74 Å². The van der Waals surface area contributed by atoms with Crippen LogP contribution in [0.2, 0.25) is 0 Å². The lowest BCUT2D eigenvalue weighted by atomic mass is 10.0. The molecule has 0 aromatic rings. The molecule has 1 amide bonds. The molecule has 2 atom stereocenters. The van der Waals surface area contributed by atoms with Crippen LogP contribution in [0.5, 0.6) is 0 Å². The van der Waals surface area contributed by atoms with Crippen LogP contribution in [0.1, 0.15) is 335 Å². The molecular weight excluding hydrogens is 815 g/mol. The fourth-order valence-electron chi connectivity index (χ4n) is 9.46. The molecule has 6 nitrogen and oxygen atoms in total. The van der Waals surface area contributed by atoms with E-state index in [1.165, 1.54) is 263 Å². The number of aliphatic hydroxyl groups excluding tert-OH is 2.